The van der Waals surface area contributed by atoms with Crippen molar-refractivity contribution in [2.24, 2.45) is 0 Å². The second-order valence-corrected chi connectivity index (χ2v) is 6.50. The number of halogens is 2. The third kappa shape index (κ3) is 3.28. The highest BCUT2D eigenvalue weighted by Gasteiger charge is 2.62. The van der Waals surface area contributed by atoms with Crippen molar-refractivity contribution in [1.82, 2.24) is 10.3 Å². The third-order valence-electron chi connectivity index (χ3n) is 4.75. The summed E-state index contributed by atoms with van der Waals surface area (Å²) in [5.74, 6) is -3.51. The molecule has 1 aliphatic carbocycles. The van der Waals surface area contributed by atoms with Crippen molar-refractivity contribution in [3.63, 3.8) is 0 Å². The van der Waals surface area contributed by atoms with Gasteiger partial charge in [-0.15, -0.1) is 0 Å². The number of aliphatic hydroxyl groups is 1. The van der Waals surface area contributed by atoms with Gasteiger partial charge in [-0.2, -0.15) is 23.1 Å². The fourth-order valence-electron chi connectivity index (χ4n) is 3.37. The lowest BCUT2D eigenvalue weighted by Crippen LogP contribution is -2.60. The zero-order chi connectivity index (χ0) is 17.3. The molecule has 1 aromatic rings. The van der Waals surface area contributed by atoms with Gasteiger partial charge in [0, 0.05) is 18.7 Å². The Morgan fingerprint density at radius 1 is 1.42 bits per heavy atom. The molecule has 1 aromatic heterocycles. The maximum absolute atomic E-state index is 14.4. The first-order valence-electron chi connectivity index (χ1n) is 8.24. The molecule has 0 amide bonds. The number of aromatic nitrogens is 2. The zero-order valence-corrected chi connectivity index (χ0v) is 13.3. The molecule has 24 heavy (non-hydrogen) atoms. The van der Waals surface area contributed by atoms with E-state index in [0.717, 1.165) is 36.4 Å². The van der Waals surface area contributed by atoms with E-state index in [-0.39, 0.29) is 18.4 Å². The van der Waals surface area contributed by atoms with Crippen molar-refractivity contribution < 1.29 is 23.2 Å². The summed E-state index contributed by atoms with van der Waals surface area (Å²) in [4.78, 5) is 14.1. The topological polar surface area (TPSA) is 104 Å². The minimum Gasteiger partial charge on any atom is -0.384 e. The maximum Gasteiger partial charge on any atom is 0.499 e. The van der Waals surface area contributed by atoms with Crippen LogP contribution < -0.4 is 21.3 Å². The van der Waals surface area contributed by atoms with E-state index < -0.39 is 30.0 Å². The van der Waals surface area contributed by atoms with Gasteiger partial charge in [-0.25, -0.2) is 0 Å². The number of aromatic amines is 1. The van der Waals surface area contributed by atoms with Gasteiger partial charge in [0.15, 0.2) is 11.9 Å². The Hall–Kier alpha value is -1.58. The maximum atomic E-state index is 14.4. The lowest BCUT2D eigenvalue weighted by Gasteiger charge is -2.25. The van der Waals surface area contributed by atoms with Crippen LogP contribution in [-0.2, 0) is 4.74 Å². The summed E-state index contributed by atoms with van der Waals surface area (Å²) in [5.41, 5.74) is 4.61. The average Bonchev–Trinajstić information content (AvgIpc) is 2.77. The number of hydrogen-bond donors (Lipinski definition) is 4. The van der Waals surface area contributed by atoms with E-state index in [4.69, 9.17) is 10.5 Å². The van der Waals surface area contributed by atoms with Gasteiger partial charge in [-0.3, -0.25) is 0 Å². The molecule has 3 atom stereocenters. The number of H-pyrrole nitrogens is 1. The molecule has 3 rings (SSSR count). The molecule has 9 heteroatoms. The van der Waals surface area contributed by atoms with E-state index in [9.17, 15) is 18.7 Å². The summed E-state index contributed by atoms with van der Waals surface area (Å²) in [6.07, 6.45) is 1.61. The van der Waals surface area contributed by atoms with Crippen LogP contribution in [-0.4, -0.2) is 40.8 Å². The number of anilines is 1. The number of alkyl halides is 2. The molecule has 1 saturated carbocycles. The number of nitrogens with one attached hydrogen (secondary N) is 2. The minimum absolute atomic E-state index is 0.0635. The summed E-state index contributed by atoms with van der Waals surface area (Å²) in [7, 11) is 0. The van der Waals surface area contributed by atoms with Crippen molar-refractivity contribution in [3.8, 4) is 0 Å². The van der Waals surface area contributed by atoms with Crippen LogP contribution in [0.4, 0.5) is 14.6 Å². The number of nitrogens with two attached hydrogens (primary N) is 1. The minimum atomic E-state index is -3.58. The first-order chi connectivity index (χ1) is 11.4. The molecule has 1 aliphatic heterocycles. The normalized spacial score (nSPS) is 30.5. The number of nitrogens with zero attached hydrogens (tertiary/aromatic N) is 1. The SMILES string of the molecule is Nc1cc[n+](C2OC(CNC3CCCCC3)C(O)C2(F)F)c(=O)[nH]1. The molecule has 0 radical (unpaired) electrons. The fraction of sp³-hybridized carbons (Fsp3) is 0.733. The first-order valence-corrected chi connectivity index (χ1v) is 8.24. The molecule has 0 aromatic carbocycles. The largest absolute Gasteiger partial charge is 0.499 e. The predicted octanol–water partition coefficient (Wildman–Crippen LogP) is 0.0605. The lowest BCUT2D eigenvalue weighted by atomic mass is 9.95. The van der Waals surface area contributed by atoms with E-state index in [0.29, 0.717) is 0 Å². The number of aliphatic hydroxyl groups excluding tert-OH is 1. The molecule has 134 valence electrons. The molecular formula is C15H23F2N4O3+. The molecule has 2 aliphatic rings. The smallest absolute Gasteiger partial charge is 0.384 e. The van der Waals surface area contributed by atoms with E-state index >= 15 is 0 Å². The summed E-state index contributed by atoms with van der Waals surface area (Å²) in [5, 5.41) is 13.2. The van der Waals surface area contributed by atoms with Crippen LogP contribution in [0, 0.1) is 0 Å². The highest BCUT2D eigenvalue weighted by atomic mass is 19.3. The number of ether oxygens (including phenoxy) is 1. The van der Waals surface area contributed by atoms with E-state index in [1.54, 1.807) is 0 Å². The van der Waals surface area contributed by atoms with Crippen LogP contribution in [0.3, 0.4) is 0 Å². The van der Waals surface area contributed by atoms with Gasteiger partial charge in [-0.05, 0) is 12.8 Å². The molecule has 5 N–H and O–H groups in total. The summed E-state index contributed by atoms with van der Waals surface area (Å²) >= 11 is 0. The molecule has 0 spiro atoms. The van der Waals surface area contributed by atoms with Crippen LogP contribution in [0.15, 0.2) is 17.1 Å². The Labute approximate surface area is 137 Å². The van der Waals surface area contributed by atoms with E-state index in [1.165, 1.54) is 12.5 Å². The number of hydrogen-bond acceptors (Lipinski definition) is 5. The Morgan fingerprint density at radius 3 is 2.79 bits per heavy atom. The second kappa shape index (κ2) is 6.73. The van der Waals surface area contributed by atoms with Crippen molar-refractivity contribution in [1.29, 1.82) is 0 Å². The van der Waals surface area contributed by atoms with Gasteiger partial charge in [0.2, 0.25) is 0 Å². The van der Waals surface area contributed by atoms with Crippen LogP contribution in [0.2, 0.25) is 0 Å². The Kier molecular flexibility index (Phi) is 4.84. The highest BCUT2D eigenvalue weighted by molar-refractivity contribution is 5.21. The second-order valence-electron chi connectivity index (χ2n) is 6.50. The zero-order valence-electron chi connectivity index (χ0n) is 13.3. The van der Waals surface area contributed by atoms with Crippen LogP contribution in [0.25, 0.3) is 0 Å². The van der Waals surface area contributed by atoms with E-state index in [2.05, 4.69) is 10.3 Å². The Bertz CT molecular complexity index is 633. The van der Waals surface area contributed by atoms with Gasteiger partial charge in [0.1, 0.15) is 12.3 Å². The summed E-state index contributed by atoms with van der Waals surface area (Å²) < 4.78 is 34.8. The highest BCUT2D eigenvalue weighted by Crippen LogP contribution is 2.39. The van der Waals surface area contributed by atoms with Crippen LogP contribution in [0.5, 0.6) is 0 Å². The average molecular weight is 345 g/mol. The quantitative estimate of drug-likeness (QED) is 0.578. The summed E-state index contributed by atoms with van der Waals surface area (Å²) in [6.45, 7) is 0.116. The van der Waals surface area contributed by atoms with Crippen molar-refractivity contribution in [2.45, 2.75) is 62.5 Å². The van der Waals surface area contributed by atoms with Gasteiger partial charge >= 0.3 is 11.6 Å². The van der Waals surface area contributed by atoms with Gasteiger partial charge < -0.3 is 20.9 Å². The Balaban J connectivity index is 1.71. The van der Waals surface area contributed by atoms with Gasteiger partial charge in [-0.1, -0.05) is 19.3 Å². The van der Waals surface area contributed by atoms with Crippen molar-refractivity contribution in [2.75, 3.05) is 12.3 Å². The predicted molar refractivity (Wildman–Crippen MR) is 81.4 cm³/mol. The molecule has 2 heterocycles. The van der Waals surface area contributed by atoms with Crippen LogP contribution >= 0.6 is 0 Å². The van der Waals surface area contributed by atoms with Crippen molar-refractivity contribution in [3.05, 3.63) is 22.7 Å². The molecule has 7 nitrogen and oxygen atoms in total. The van der Waals surface area contributed by atoms with Gasteiger partial charge in [0.05, 0.1) is 0 Å². The van der Waals surface area contributed by atoms with Gasteiger partial charge in [0.25, 0.3) is 6.23 Å². The number of rotatable bonds is 4. The monoisotopic (exact) mass is 345 g/mol. The van der Waals surface area contributed by atoms with Crippen molar-refractivity contribution >= 4 is 5.82 Å². The third-order valence-corrected chi connectivity index (χ3v) is 4.75. The molecule has 1 saturated heterocycles. The van der Waals surface area contributed by atoms with Crippen LogP contribution in [0.1, 0.15) is 38.3 Å². The first kappa shape index (κ1) is 17.2. The van der Waals surface area contributed by atoms with E-state index in [1.807, 2.05) is 0 Å². The molecule has 3 unspecified atom stereocenters. The standard InChI is InChI=1S/C15H22F2N4O3/c16-15(17)12(22)10(8-19-9-4-2-1-3-5-9)24-13(15)21-7-6-11(18)20-14(21)23/h6-7,9-10,12-13,19,22H,1-5,8H2,(H2,18,20,23)/p+1. The summed E-state index contributed by atoms with van der Waals surface area (Å²) in [6, 6.07) is 1.55. The number of nitrogen functional groups attached to an aromatic ring is 1. The fourth-order valence-corrected chi connectivity index (χ4v) is 3.37. The lowest BCUT2D eigenvalue weighted by molar-refractivity contribution is -0.789. The molecule has 0 bridgehead atoms. The molecule has 2 fully saturated rings. The molecular weight excluding hydrogens is 322 g/mol. The Morgan fingerprint density at radius 2 is 2.12 bits per heavy atom.